The average Bonchev–Trinajstić information content (AvgIpc) is 3.18. The van der Waals surface area contributed by atoms with Crippen molar-refractivity contribution in [3.8, 4) is 5.75 Å². The van der Waals surface area contributed by atoms with Crippen LogP contribution in [0.3, 0.4) is 0 Å². The lowest BCUT2D eigenvalue weighted by molar-refractivity contribution is -0.166. The molecular formula is C39H58N6O10. The molecule has 2 aromatic carbocycles. The number of hydroxylamine groups is 6. The van der Waals surface area contributed by atoms with Gasteiger partial charge < -0.3 is 20.7 Å². The van der Waals surface area contributed by atoms with Crippen LogP contribution in [0.5, 0.6) is 5.75 Å². The maximum atomic E-state index is 12.7. The Morgan fingerprint density at radius 3 is 1.51 bits per heavy atom. The maximum absolute atomic E-state index is 12.7. The summed E-state index contributed by atoms with van der Waals surface area (Å²) in [6.07, 6.45) is 5.08. The van der Waals surface area contributed by atoms with Crippen LogP contribution < -0.4 is 20.7 Å². The topological polar surface area (TPSA) is 218 Å². The number of hydrogen-bond acceptors (Lipinski definition) is 10. The lowest BCUT2D eigenvalue weighted by Gasteiger charge is -2.15. The number of hydrogen-bond donors (Lipinski definition) is 6. The Balaban J connectivity index is 1.45. The Morgan fingerprint density at radius 2 is 1.00 bits per heavy atom. The number of ether oxygens (including phenoxy) is 1. The Kier molecular flexibility index (Phi) is 23.1. The standard InChI is InChI=1S/C39H58N6O10/c1-31(46)43(52)27-13-3-10-24-40-35(47)20-22-37(49)44(53)28-14-4-11-25-41-36(48)21-23-38(50)45(54)29-15-5-12-26-42-39(51)33-18-8-9-19-34(33)55-30-32-16-6-2-7-17-32/h2,6-9,16-19,52-54H,3-5,10-15,20-30H2,1H3,(H,40,47)(H,41,48)(H,42,51). The molecular weight excluding hydrogens is 712 g/mol. The molecule has 16 nitrogen and oxygen atoms in total. The number of carbonyl (C=O) groups excluding carboxylic acids is 6. The van der Waals surface area contributed by atoms with Crippen LogP contribution in [0.15, 0.2) is 54.6 Å². The van der Waals surface area contributed by atoms with Crippen molar-refractivity contribution in [3.63, 3.8) is 0 Å². The van der Waals surface area contributed by atoms with Crippen molar-refractivity contribution in [2.24, 2.45) is 0 Å². The van der Waals surface area contributed by atoms with Gasteiger partial charge in [-0.15, -0.1) is 0 Å². The Morgan fingerprint density at radius 1 is 0.545 bits per heavy atom. The summed E-state index contributed by atoms with van der Waals surface area (Å²) in [5, 5.41) is 39.5. The van der Waals surface area contributed by atoms with E-state index in [2.05, 4.69) is 16.0 Å². The molecule has 0 heterocycles. The number of para-hydroxylation sites is 1. The van der Waals surface area contributed by atoms with E-state index >= 15 is 0 Å². The van der Waals surface area contributed by atoms with Crippen molar-refractivity contribution in [2.45, 2.75) is 97.0 Å². The van der Waals surface area contributed by atoms with Gasteiger partial charge in [-0.3, -0.25) is 44.4 Å². The Labute approximate surface area is 323 Å². The van der Waals surface area contributed by atoms with Crippen molar-refractivity contribution in [3.05, 3.63) is 65.7 Å². The third-order valence-corrected chi connectivity index (χ3v) is 8.51. The molecule has 0 bridgehead atoms. The van der Waals surface area contributed by atoms with Crippen molar-refractivity contribution < 1.29 is 49.1 Å². The van der Waals surface area contributed by atoms with Crippen LogP contribution in [-0.2, 0) is 30.6 Å². The molecule has 0 spiro atoms. The highest BCUT2D eigenvalue weighted by Crippen LogP contribution is 2.19. The molecule has 2 rings (SSSR count). The van der Waals surface area contributed by atoms with Gasteiger partial charge in [0.05, 0.1) is 5.56 Å². The summed E-state index contributed by atoms with van der Waals surface area (Å²) in [5.74, 6) is -1.93. The smallest absolute Gasteiger partial charge is 0.255 e. The Bertz CT molecular complexity index is 1480. The molecule has 0 fully saturated rings. The fourth-order valence-corrected chi connectivity index (χ4v) is 5.24. The highest BCUT2D eigenvalue weighted by Gasteiger charge is 2.15. The second kappa shape index (κ2) is 27.5. The summed E-state index contributed by atoms with van der Waals surface area (Å²) in [5.41, 5.74) is 1.44. The van der Waals surface area contributed by atoms with Crippen molar-refractivity contribution in [1.82, 2.24) is 31.1 Å². The number of amides is 6. The molecule has 0 aromatic heterocycles. The zero-order valence-electron chi connectivity index (χ0n) is 31.9. The number of carbonyl (C=O) groups is 6. The Hall–Kier alpha value is -5.06. The first-order chi connectivity index (χ1) is 26.5. The minimum Gasteiger partial charge on any atom is -0.488 e. The normalized spacial score (nSPS) is 10.6. The van der Waals surface area contributed by atoms with Crippen molar-refractivity contribution in [2.75, 3.05) is 39.3 Å². The van der Waals surface area contributed by atoms with Crippen LogP contribution in [-0.4, -0.2) is 106 Å². The lowest BCUT2D eigenvalue weighted by atomic mass is 10.1. The summed E-state index contributed by atoms with van der Waals surface area (Å²) in [6, 6.07) is 16.7. The van der Waals surface area contributed by atoms with E-state index in [0.29, 0.717) is 111 Å². The first kappa shape index (κ1) is 46.1. The monoisotopic (exact) mass is 770 g/mol. The van der Waals surface area contributed by atoms with E-state index in [1.165, 1.54) is 6.92 Å². The predicted octanol–water partition coefficient (Wildman–Crippen LogP) is 3.97. The maximum Gasteiger partial charge on any atom is 0.255 e. The van der Waals surface area contributed by atoms with E-state index in [1.54, 1.807) is 18.2 Å². The van der Waals surface area contributed by atoms with Gasteiger partial charge >= 0.3 is 0 Å². The molecule has 0 aliphatic rings. The number of nitrogens with one attached hydrogen (secondary N) is 3. The second-order valence-electron chi connectivity index (χ2n) is 13.1. The van der Waals surface area contributed by atoms with E-state index in [4.69, 9.17) is 4.74 Å². The first-order valence-corrected chi connectivity index (χ1v) is 19.0. The van der Waals surface area contributed by atoms with Crippen LogP contribution in [0.2, 0.25) is 0 Å². The zero-order valence-corrected chi connectivity index (χ0v) is 31.9. The van der Waals surface area contributed by atoms with Gasteiger partial charge in [0.25, 0.3) is 5.91 Å². The number of nitrogens with zero attached hydrogens (tertiary/aromatic N) is 3. The fourth-order valence-electron chi connectivity index (χ4n) is 5.24. The van der Waals surface area contributed by atoms with Gasteiger partial charge in [0.15, 0.2) is 0 Å². The summed E-state index contributed by atoms with van der Waals surface area (Å²) >= 11 is 0. The minimum absolute atomic E-state index is 0.0578. The molecule has 0 saturated carbocycles. The van der Waals surface area contributed by atoms with Gasteiger partial charge in [0.1, 0.15) is 12.4 Å². The molecule has 0 unspecified atom stereocenters. The van der Waals surface area contributed by atoms with Crippen LogP contribution in [0.25, 0.3) is 0 Å². The van der Waals surface area contributed by atoms with E-state index in [-0.39, 0.29) is 63.0 Å². The summed E-state index contributed by atoms with van der Waals surface area (Å²) in [6.45, 7) is 3.22. The van der Waals surface area contributed by atoms with E-state index in [1.807, 2.05) is 36.4 Å². The van der Waals surface area contributed by atoms with Gasteiger partial charge in [-0.05, 0) is 75.5 Å². The van der Waals surface area contributed by atoms with Crippen LogP contribution in [0, 0.1) is 0 Å². The molecule has 0 aliphatic carbocycles. The second-order valence-corrected chi connectivity index (χ2v) is 13.1. The van der Waals surface area contributed by atoms with Crippen molar-refractivity contribution in [1.29, 1.82) is 0 Å². The number of benzene rings is 2. The molecule has 304 valence electrons. The summed E-state index contributed by atoms with van der Waals surface area (Å²) in [7, 11) is 0. The number of unbranched alkanes of at least 4 members (excludes halogenated alkanes) is 6. The molecule has 2 aromatic rings. The van der Waals surface area contributed by atoms with Crippen molar-refractivity contribution >= 4 is 35.4 Å². The van der Waals surface area contributed by atoms with Gasteiger partial charge in [-0.1, -0.05) is 42.5 Å². The quantitative estimate of drug-likeness (QED) is 0.0416. The fraction of sp³-hybridized carbons (Fsp3) is 0.538. The van der Waals surface area contributed by atoms with Gasteiger partial charge in [-0.25, -0.2) is 15.2 Å². The third-order valence-electron chi connectivity index (χ3n) is 8.51. The highest BCUT2D eigenvalue weighted by atomic mass is 16.5. The molecule has 55 heavy (non-hydrogen) atoms. The largest absolute Gasteiger partial charge is 0.488 e. The first-order valence-electron chi connectivity index (χ1n) is 19.0. The van der Waals surface area contributed by atoms with E-state index < -0.39 is 17.7 Å². The van der Waals surface area contributed by atoms with Crippen LogP contribution in [0.4, 0.5) is 0 Å². The summed E-state index contributed by atoms with van der Waals surface area (Å²) in [4.78, 5) is 72.1. The predicted molar refractivity (Wildman–Crippen MR) is 202 cm³/mol. The van der Waals surface area contributed by atoms with E-state index in [0.717, 1.165) is 5.56 Å². The van der Waals surface area contributed by atoms with Crippen LogP contribution >= 0.6 is 0 Å². The lowest BCUT2D eigenvalue weighted by Crippen LogP contribution is -2.31. The molecule has 0 radical (unpaired) electrons. The van der Waals surface area contributed by atoms with Gasteiger partial charge in [-0.2, -0.15) is 0 Å². The zero-order chi connectivity index (χ0) is 40.3. The van der Waals surface area contributed by atoms with Crippen LogP contribution in [0.1, 0.15) is 106 Å². The number of rotatable bonds is 28. The SMILES string of the molecule is CC(=O)N(O)CCCCCNC(=O)CCC(=O)N(O)CCCCCNC(=O)CCC(=O)N(O)CCCCCNC(=O)c1ccccc1OCc1ccccc1. The third kappa shape index (κ3) is 20.8. The molecule has 0 atom stereocenters. The van der Waals surface area contributed by atoms with Gasteiger partial charge in [0, 0.05) is 71.9 Å². The average molecular weight is 771 g/mol. The minimum atomic E-state index is -0.564. The van der Waals surface area contributed by atoms with E-state index in [9.17, 15) is 44.4 Å². The molecule has 0 saturated heterocycles. The molecule has 6 N–H and O–H groups in total. The molecule has 0 aliphatic heterocycles. The highest BCUT2D eigenvalue weighted by molar-refractivity contribution is 5.96. The molecule has 16 heteroatoms. The van der Waals surface area contributed by atoms with Gasteiger partial charge in [0.2, 0.25) is 29.5 Å². The summed E-state index contributed by atoms with van der Waals surface area (Å²) < 4.78 is 5.86. The molecule has 6 amide bonds.